The van der Waals surface area contributed by atoms with E-state index in [2.05, 4.69) is 10.4 Å². The lowest BCUT2D eigenvalue weighted by atomic mass is 10.0. The molecule has 0 spiro atoms. The van der Waals surface area contributed by atoms with Gasteiger partial charge in [-0.1, -0.05) is 31.4 Å². The Hall–Kier alpha value is -2.15. The number of aryl methyl sites for hydroxylation is 2. The second-order valence-corrected chi connectivity index (χ2v) is 9.86. The highest BCUT2D eigenvalue weighted by Gasteiger charge is 2.27. The lowest BCUT2D eigenvalue weighted by Gasteiger charge is -2.21. The van der Waals surface area contributed by atoms with Crippen LogP contribution in [0.5, 0.6) is 0 Å². The number of rotatable bonds is 6. The second kappa shape index (κ2) is 8.47. The second-order valence-electron chi connectivity index (χ2n) is 7.58. The summed E-state index contributed by atoms with van der Waals surface area (Å²) in [5, 5.41) is 7.05. The van der Waals surface area contributed by atoms with Gasteiger partial charge in [0.25, 0.3) is 5.91 Å². The lowest BCUT2D eigenvalue weighted by Crippen LogP contribution is -2.25. The third kappa shape index (κ3) is 4.46. The maximum atomic E-state index is 12.7. The molecule has 0 bridgehead atoms. The zero-order valence-electron chi connectivity index (χ0n) is 16.9. The van der Waals surface area contributed by atoms with Crippen LogP contribution in [0.3, 0.4) is 0 Å². The number of amides is 1. The summed E-state index contributed by atoms with van der Waals surface area (Å²) in [4.78, 5) is 12.7. The van der Waals surface area contributed by atoms with E-state index in [1.165, 1.54) is 0 Å². The van der Waals surface area contributed by atoms with Gasteiger partial charge in [0.1, 0.15) is 0 Å². The average molecular weight is 404 g/mol. The Kier molecular flexibility index (Phi) is 6.23. The quantitative estimate of drug-likeness (QED) is 0.790. The van der Waals surface area contributed by atoms with Crippen molar-refractivity contribution < 1.29 is 13.2 Å². The number of hydrogen-bond acceptors (Lipinski definition) is 4. The van der Waals surface area contributed by atoms with Crippen LogP contribution in [-0.4, -0.2) is 29.4 Å². The summed E-state index contributed by atoms with van der Waals surface area (Å²) < 4.78 is 27.3. The topological polar surface area (TPSA) is 81.1 Å². The summed E-state index contributed by atoms with van der Waals surface area (Å²) in [5.74, 6) is -0.199. The van der Waals surface area contributed by atoms with Gasteiger partial charge in [-0.3, -0.25) is 9.48 Å². The highest BCUT2D eigenvalue weighted by Crippen LogP contribution is 2.27. The van der Waals surface area contributed by atoms with Crippen LogP contribution in [0.15, 0.2) is 24.3 Å². The molecular weight excluding hydrogens is 374 g/mol. The first-order chi connectivity index (χ1) is 13.3. The fraction of sp³-hybridized carbons (Fsp3) is 0.524. The molecule has 152 valence electrons. The number of sulfone groups is 1. The van der Waals surface area contributed by atoms with Crippen LogP contribution in [0.2, 0.25) is 0 Å². The molecule has 0 saturated heterocycles. The minimum atomic E-state index is -3.17. The molecule has 0 aliphatic heterocycles. The van der Waals surface area contributed by atoms with Crippen LogP contribution in [0, 0.1) is 13.8 Å². The van der Waals surface area contributed by atoms with E-state index in [9.17, 15) is 13.2 Å². The molecule has 1 fully saturated rings. The molecule has 1 N–H and O–H groups in total. The molecule has 0 atom stereocenters. The summed E-state index contributed by atoms with van der Waals surface area (Å²) >= 11 is 0. The zero-order valence-corrected chi connectivity index (χ0v) is 17.7. The fourth-order valence-corrected chi connectivity index (χ4v) is 5.97. The minimum Gasteiger partial charge on any atom is -0.322 e. The lowest BCUT2D eigenvalue weighted by molar-refractivity contribution is 0.102. The van der Waals surface area contributed by atoms with E-state index in [-0.39, 0.29) is 16.9 Å². The van der Waals surface area contributed by atoms with Crippen LogP contribution in [-0.2, 0) is 22.1 Å². The van der Waals surface area contributed by atoms with Gasteiger partial charge in [-0.05, 0) is 51.3 Å². The van der Waals surface area contributed by atoms with Crippen LogP contribution >= 0.6 is 0 Å². The number of nitrogens with one attached hydrogen (secondary N) is 1. The van der Waals surface area contributed by atoms with Gasteiger partial charge in [-0.2, -0.15) is 5.10 Å². The van der Waals surface area contributed by atoms with Gasteiger partial charge in [-0.25, -0.2) is 8.42 Å². The van der Waals surface area contributed by atoms with Crippen molar-refractivity contribution in [2.75, 3.05) is 5.32 Å². The molecule has 2 aromatic rings. The molecule has 1 aliphatic rings. The van der Waals surface area contributed by atoms with Gasteiger partial charge in [0.2, 0.25) is 0 Å². The number of aromatic nitrogens is 2. The van der Waals surface area contributed by atoms with Gasteiger partial charge in [0.15, 0.2) is 9.84 Å². The van der Waals surface area contributed by atoms with E-state index in [0.29, 0.717) is 29.1 Å². The molecule has 1 aliphatic carbocycles. The molecule has 28 heavy (non-hydrogen) atoms. The van der Waals surface area contributed by atoms with E-state index in [0.717, 1.165) is 37.8 Å². The Bertz CT molecular complexity index is 957. The van der Waals surface area contributed by atoms with E-state index >= 15 is 0 Å². The van der Waals surface area contributed by atoms with Crippen molar-refractivity contribution in [2.24, 2.45) is 0 Å². The molecule has 0 unspecified atom stereocenters. The maximum Gasteiger partial charge on any atom is 0.259 e. The number of carbonyl (C=O) groups excluding carboxylic acids is 1. The summed E-state index contributed by atoms with van der Waals surface area (Å²) in [5.41, 5.74) is 3.40. The van der Waals surface area contributed by atoms with Crippen molar-refractivity contribution in [3.05, 3.63) is 46.8 Å². The summed E-state index contributed by atoms with van der Waals surface area (Å²) in [7, 11) is -3.17. The van der Waals surface area contributed by atoms with E-state index in [1.54, 1.807) is 22.9 Å². The highest BCUT2D eigenvalue weighted by molar-refractivity contribution is 7.91. The van der Waals surface area contributed by atoms with Crippen molar-refractivity contribution in [1.82, 2.24) is 9.78 Å². The predicted octanol–water partition coefficient (Wildman–Crippen LogP) is 4.02. The number of hydrogen-bond donors (Lipinski definition) is 1. The monoisotopic (exact) mass is 403 g/mol. The third-order valence-electron chi connectivity index (χ3n) is 5.52. The van der Waals surface area contributed by atoms with Crippen molar-refractivity contribution in [1.29, 1.82) is 0 Å². The van der Waals surface area contributed by atoms with Crippen LogP contribution in [0.25, 0.3) is 0 Å². The SMILES string of the molecule is CCn1nc(C)c(C(=O)Nc2cccc(CS(=O)(=O)C3CCCCC3)c2)c1C. The summed E-state index contributed by atoms with van der Waals surface area (Å²) in [6.07, 6.45) is 4.63. The molecular formula is C21H29N3O3S. The first-order valence-corrected chi connectivity index (χ1v) is 11.7. The number of benzene rings is 1. The number of anilines is 1. The van der Waals surface area contributed by atoms with Crippen LogP contribution in [0.1, 0.15) is 66.3 Å². The Morgan fingerprint density at radius 2 is 1.93 bits per heavy atom. The van der Waals surface area contributed by atoms with Crippen LogP contribution in [0.4, 0.5) is 5.69 Å². The average Bonchev–Trinajstić information content (AvgIpc) is 2.96. The smallest absolute Gasteiger partial charge is 0.259 e. The number of carbonyl (C=O) groups is 1. The molecule has 1 aromatic carbocycles. The fourth-order valence-electron chi connectivity index (χ4n) is 4.04. The van der Waals surface area contributed by atoms with Crippen molar-refractivity contribution >= 4 is 21.4 Å². The van der Waals surface area contributed by atoms with Crippen molar-refractivity contribution in [3.63, 3.8) is 0 Å². The first-order valence-electron chi connectivity index (χ1n) is 9.97. The summed E-state index contributed by atoms with van der Waals surface area (Å²) in [6.45, 7) is 6.39. The highest BCUT2D eigenvalue weighted by atomic mass is 32.2. The van der Waals surface area contributed by atoms with E-state index in [1.807, 2.05) is 26.8 Å². The molecule has 1 saturated carbocycles. The molecule has 0 radical (unpaired) electrons. The van der Waals surface area contributed by atoms with Gasteiger partial charge < -0.3 is 5.32 Å². The van der Waals surface area contributed by atoms with Gasteiger partial charge in [-0.15, -0.1) is 0 Å². The largest absolute Gasteiger partial charge is 0.322 e. The molecule has 7 heteroatoms. The Morgan fingerprint density at radius 3 is 2.57 bits per heavy atom. The standard InChI is InChI=1S/C21H29N3O3S/c1-4-24-16(3)20(15(2)23-24)21(25)22-18-10-8-9-17(13-18)14-28(26,27)19-11-6-5-7-12-19/h8-10,13,19H,4-7,11-12,14H2,1-3H3,(H,22,25). The van der Waals surface area contributed by atoms with Crippen LogP contribution < -0.4 is 5.32 Å². The van der Waals surface area contributed by atoms with Gasteiger partial charge in [0, 0.05) is 17.9 Å². The van der Waals surface area contributed by atoms with E-state index < -0.39 is 9.84 Å². The molecule has 6 nitrogen and oxygen atoms in total. The number of nitrogens with zero attached hydrogens (tertiary/aromatic N) is 2. The van der Waals surface area contributed by atoms with Crippen molar-refractivity contribution in [3.8, 4) is 0 Å². The molecule has 1 aromatic heterocycles. The zero-order chi connectivity index (χ0) is 20.3. The molecule has 3 rings (SSSR count). The van der Waals surface area contributed by atoms with Gasteiger partial charge >= 0.3 is 0 Å². The minimum absolute atomic E-state index is 0.0210. The maximum absolute atomic E-state index is 12.7. The Labute approximate surface area is 167 Å². The Morgan fingerprint density at radius 1 is 1.21 bits per heavy atom. The molecule has 1 heterocycles. The molecule has 1 amide bonds. The third-order valence-corrected chi connectivity index (χ3v) is 7.74. The Balaban J connectivity index is 1.75. The van der Waals surface area contributed by atoms with E-state index in [4.69, 9.17) is 0 Å². The predicted molar refractivity (Wildman–Crippen MR) is 111 cm³/mol. The summed E-state index contributed by atoms with van der Waals surface area (Å²) in [6, 6.07) is 7.13. The van der Waals surface area contributed by atoms with Gasteiger partial charge in [0.05, 0.1) is 22.3 Å². The van der Waals surface area contributed by atoms with Crippen molar-refractivity contribution in [2.45, 2.75) is 70.4 Å². The normalized spacial score (nSPS) is 15.5. The first kappa shape index (κ1) is 20.6.